The van der Waals surface area contributed by atoms with Crippen molar-refractivity contribution in [3.63, 3.8) is 0 Å². The minimum absolute atomic E-state index is 0.119. The first kappa shape index (κ1) is 16.9. The summed E-state index contributed by atoms with van der Waals surface area (Å²) in [6.45, 7) is 0. The van der Waals surface area contributed by atoms with Crippen LogP contribution >= 0.6 is 11.3 Å². The molecule has 0 radical (unpaired) electrons. The molecule has 2 aromatic rings. The fourth-order valence-corrected chi connectivity index (χ4v) is 2.33. The lowest BCUT2D eigenvalue weighted by Crippen LogP contribution is -2.34. The Hall–Kier alpha value is -2.43. The molecule has 0 saturated heterocycles. The van der Waals surface area contributed by atoms with Gasteiger partial charge in [-0.15, -0.1) is 11.3 Å². The monoisotopic (exact) mass is 352 g/mol. The van der Waals surface area contributed by atoms with Crippen molar-refractivity contribution < 1.29 is 31.7 Å². The van der Waals surface area contributed by atoms with E-state index in [-0.39, 0.29) is 11.3 Å². The number of hydrogen-bond donors (Lipinski definition) is 0. The van der Waals surface area contributed by atoms with Crippen molar-refractivity contribution in [1.82, 2.24) is 4.98 Å². The van der Waals surface area contributed by atoms with Crippen LogP contribution < -0.4 is 0 Å². The summed E-state index contributed by atoms with van der Waals surface area (Å²) in [6, 6.07) is 4.13. The maximum Gasteiger partial charge on any atom is 0.459 e. The molecule has 11 heteroatoms. The molecule has 5 nitrogen and oxygen atoms in total. The van der Waals surface area contributed by atoms with Crippen LogP contribution in [0.15, 0.2) is 29.6 Å². The van der Waals surface area contributed by atoms with E-state index >= 15 is 0 Å². The molecule has 0 saturated carbocycles. The van der Waals surface area contributed by atoms with Gasteiger partial charge in [-0.1, -0.05) is 0 Å². The molecule has 122 valence electrons. The third-order valence-corrected chi connectivity index (χ3v) is 3.56. The predicted molar refractivity (Wildman–Crippen MR) is 68.6 cm³/mol. The maximum atomic E-state index is 13.1. The summed E-state index contributed by atoms with van der Waals surface area (Å²) in [5, 5.41) is 10.4. The van der Waals surface area contributed by atoms with E-state index in [0.717, 1.165) is 24.3 Å². The van der Waals surface area contributed by atoms with Crippen molar-refractivity contribution in [3.8, 4) is 0 Å². The Bertz CT molecular complexity index is 755. The maximum absolute atomic E-state index is 13.1. The molecule has 0 fully saturated rings. The predicted octanol–water partition coefficient (Wildman–Crippen LogP) is 3.94. The van der Waals surface area contributed by atoms with Crippen LogP contribution in [0.2, 0.25) is 0 Å². The number of thiazole rings is 1. The van der Waals surface area contributed by atoms with Gasteiger partial charge in [0, 0.05) is 23.1 Å². The van der Waals surface area contributed by atoms with Crippen LogP contribution in [0, 0.1) is 10.1 Å². The first-order chi connectivity index (χ1) is 10.5. The van der Waals surface area contributed by atoms with Gasteiger partial charge in [0.15, 0.2) is 5.01 Å². The van der Waals surface area contributed by atoms with E-state index in [1.165, 1.54) is 0 Å². The van der Waals surface area contributed by atoms with E-state index in [4.69, 9.17) is 0 Å². The second-order valence-corrected chi connectivity index (χ2v) is 5.10. The van der Waals surface area contributed by atoms with Crippen LogP contribution in [-0.2, 0) is 5.92 Å². The molecular weight excluding hydrogens is 347 g/mol. The minimum Gasteiger partial charge on any atom is -0.286 e. The van der Waals surface area contributed by atoms with E-state index in [1.807, 2.05) is 0 Å². The van der Waals surface area contributed by atoms with Crippen LogP contribution in [0.25, 0.3) is 0 Å². The van der Waals surface area contributed by atoms with Gasteiger partial charge < -0.3 is 0 Å². The number of hydrogen-bond acceptors (Lipinski definition) is 5. The molecule has 0 amide bonds. The van der Waals surface area contributed by atoms with E-state index in [9.17, 15) is 36.9 Å². The van der Waals surface area contributed by atoms with Gasteiger partial charge in [0.1, 0.15) is 5.69 Å². The van der Waals surface area contributed by atoms with Gasteiger partial charge in [-0.3, -0.25) is 14.9 Å². The lowest BCUT2D eigenvalue weighted by atomic mass is 10.1. The number of nitro groups is 1. The standard InChI is InChI=1S/C12H5F5N2O3S/c13-11(14,12(15,16)17)8-5-23-10(18-8)9(20)6-1-3-7(4-2-6)19(21)22/h1-5H. The number of ketones is 1. The Morgan fingerprint density at radius 3 is 2.17 bits per heavy atom. The molecule has 0 aliphatic carbocycles. The van der Waals surface area contributed by atoms with E-state index in [0.29, 0.717) is 16.7 Å². The lowest BCUT2D eigenvalue weighted by molar-refractivity contribution is -0.384. The smallest absolute Gasteiger partial charge is 0.286 e. The number of benzene rings is 1. The van der Waals surface area contributed by atoms with E-state index < -0.39 is 33.5 Å². The van der Waals surface area contributed by atoms with Crippen LogP contribution in [0.4, 0.5) is 27.6 Å². The summed E-state index contributed by atoms with van der Waals surface area (Å²) in [6.07, 6.45) is -5.82. The average molecular weight is 352 g/mol. The summed E-state index contributed by atoms with van der Waals surface area (Å²) in [7, 11) is 0. The van der Waals surface area contributed by atoms with Crippen molar-refractivity contribution in [2.45, 2.75) is 12.1 Å². The van der Waals surface area contributed by atoms with Gasteiger partial charge in [-0.25, -0.2) is 4.98 Å². The van der Waals surface area contributed by atoms with Crippen molar-refractivity contribution in [1.29, 1.82) is 0 Å². The summed E-state index contributed by atoms with van der Waals surface area (Å²) in [5.74, 6) is -6.08. The highest BCUT2D eigenvalue weighted by Gasteiger charge is 2.60. The van der Waals surface area contributed by atoms with Gasteiger partial charge in [0.05, 0.1) is 4.92 Å². The molecule has 0 N–H and O–H groups in total. The SMILES string of the molecule is O=C(c1ccc([N+](=O)[O-])cc1)c1nc(C(F)(F)C(F)(F)F)cs1. The zero-order chi connectivity index (χ0) is 17.4. The zero-order valence-corrected chi connectivity index (χ0v) is 11.6. The molecule has 23 heavy (non-hydrogen) atoms. The van der Waals surface area contributed by atoms with E-state index in [1.54, 1.807) is 0 Å². The Morgan fingerprint density at radius 2 is 1.70 bits per heavy atom. The molecule has 0 unspecified atom stereocenters. The molecule has 2 rings (SSSR count). The molecule has 1 aromatic carbocycles. The lowest BCUT2D eigenvalue weighted by Gasteiger charge is -2.16. The Kier molecular flexibility index (Phi) is 4.16. The molecule has 0 aliphatic heterocycles. The van der Waals surface area contributed by atoms with Crippen molar-refractivity contribution >= 4 is 22.8 Å². The molecule has 0 bridgehead atoms. The highest BCUT2D eigenvalue weighted by Crippen LogP contribution is 2.43. The molecule has 0 aliphatic rings. The first-order valence-corrected chi connectivity index (χ1v) is 6.61. The van der Waals surface area contributed by atoms with Crippen LogP contribution in [-0.4, -0.2) is 21.9 Å². The van der Waals surface area contributed by atoms with Crippen molar-refractivity contribution in [3.05, 3.63) is 56.0 Å². The number of halogens is 5. The number of aromatic nitrogens is 1. The first-order valence-electron chi connectivity index (χ1n) is 5.73. The third kappa shape index (κ3) is 3.18. The number of nitrogens with zero attached hydrogens (tertiary/aromatic N) is 2. The largest absolute Gasteiger partial charge is 0.459 e. The minimum atomic E-state index is -5.82. The topological polar surface area (TPSA) is 73.1 Å². The van der Waals surface area contributed by atoms with E-state index in [2.05, 4.69) is 4.98 Å². The zero-order valence-electron chi connectivity index (χ0n) is 10.8. The normalized spacial score (nSPS) is 12.2. The molecular formula is C12H5F5N2O3S. The highest BCUT2D eigenvalue weighted by molar-refractivity contribution is 7.12. The number of non-ortho nitro benzene ring substituents is 1. The Morgan fingerprint density at radius 1 is 1.13 bits per heavy atom. The number of alkyl halides is 5. The summed E-state index contributed by atoms with van der Waals surface area (Å²) in [5.41, 5.74) is -1.99. The summed E-state index contributed by atoms with van der Waals surface area (Å²) >= 11 is 0.331. The summed E-state index contributed by atoms with van der Waals surface area (Å²) < 4.78 is 62.9. The third-order valence-electron chi connectivity index (χ3n) is 2.72. The van der Waals surface area contributed by atoms with Gasteiger partial charge >= 0.3 is 12.1 Å². The number of carbonyl (C=O) groups is 1. The number of carbonyl (C=O) groups excluding carboxylic acids is 1. The fourth-order valence-electron chi connectivity index (χ4n) is 1.53. The molecule has 0 atom stereocenters. The van der Waals surface area contributed by atoms with Crippen molar-refractivity contribution in [2.75, 3.05) is 0 Å². The van der Waals surface area contributed by atoms with Crippen LogP contribution in [0.1, 0.15) is 21.1 Å². The van der Waals surface area contributed by atoms with Crippen molar-refractivity contribution in [2.24, 2.45) is 0 Å². The summed E-state index contributed by atoms with van der Waals surface area (Å²) in [4.78, 5) is 24.8. The second kappa shape index (κ2) is 5.65. The van der Waals surface area contributed by atoms with Gasteiger partial charge in [-0.05, 0) is 12.1 Å². The second-order valence-electron chi connectivity index (χ2n) is 4.24. The average Bonchev–Trinajstić information content (AvgIpc) is 2.95. The Labute approximate surface area is 128 Å². The van der Waals surface area contributed by atoms with Crippen LogP contribution in [0.3, 0.4) is 0 Å². The molecule has 1 aromatic heterocycles. The highest BCUT2D eigenvalue weighted by atomic mass is 32.1. The fraction of sp³-hybridized carbons (Fsp3) is 0.167. The number of nitro benzene ring substituents is 1. The number of rotatable bonds is 4. The molecule has 1 heterocycles. The van der Waals surface area contributed by atoms with Gasteiger partial charge in [-0.2, -0.15) is 22.0 Å². The Balaban J connectivity index is 2.30. The quantitative estimate of drug-likeness (QED) is 0.362. The van der Waals surface area contributed by atoms with Gasteiger partial charge in [0.2, 0.25) is 5.78 Å². The van der Waals surface area contributed by atoms with Crippen LogP contribution in [0.5, 0.6) is 0 Å². The molecule has 0 spiro atoms. The van der Waals surface area contributed by atoms with Gasteiger partial charge in [0.25, 0.3) is 5.69 Å².